The average molecular weight is 266 g/mol. The molecule has 2 rings (SSSR count). The van der Waals surface area contributed by atoms with Crippen molar-refractivity contribution in [2.75, 3.05) is 14.2 Å². The van der Waals surface area contributed by atoms with Gasteiger partial charge in [-0.3, -0.25) is 4.98 Å². The molecule has 0 bridgehead atoms. The van der Waals surface area contributed by atoms with Crippen LogP contribution in [-0.2, 0) is 11.3 Å². The second kappa shape index (κ2) is 5.75. The fraction of sp³-hybridized carbons (Fsp3) is 0.250. The molecule has 0 aliphatic carbocycles. The van der Waals surface area contributed by atoms with Gasteiger partial charge in [0.2, 0.25) is 0 Å². The van der Waals surface area contributed by atoms with E-state index in [1.165, 1.54) is 0 Å². The minimum Gasteiger partial charge on any atom is -0.495 e. The van der Waals surface area contributed by atoms with E-state index in [1.54, 1.807) is 32.7 Å². The molecule has 0 spiro atoms. The summed E-state index contributed by atoms with van der Waals surface area (Å²) in [5, 5.41) is 0.370. The highest BCUT2D eigenvalue weighted by Gasteiger charge is 2.07. The van der Waals surface area contributed by atoms with Crippen molar-refractivity contribution in [3.8, 4) is 17.0 Å². The molecule has 94 valence electrons. The third kappa shape index (κ3) is 2.94. The van der Waals surface area contributed by atoms with E-state index in [0.717, 1.165) is 5.56 Å². The first kappa shape index (κ1) is 12.7. The lowest BCUT2D eigenvalue weighted by Gasteiger charge is -2.06. The van der Waals surface area contributed by atoms with E-state index in [9.17, 15) is 0 Å². The van der Waals surface area contributed by atoms with Crippen molar-refractivity contribution in [3.05, 3.63) is 35.5 Å². The van der Waals surface area contributed by atoms with Crippen molar-refractivity contribution in [1.82, 2.24) is 15.0 Å². The smallest absolute Gasteiger partial charge is 0.156 e. The molecular formula is C12H12ClN3O2. The minimum atomic E-state index is 0.310. The van der Waals surface area contributed by atoms with Crippen molar-refractivity contribution in [2.24, 2.45) is 0 Å². The molecule has 2 aromatic rings. The molecule has 0 atom stereocenters. The van der Waals surface area contributed by atoms with Crippen molar-refractivity contribution in [2.45, 2.75) is 6.61 Å². The van der Waals surface area contributed by atoms with Crippen LogP contribution in [-0.4, -0.2) is 29.2 Å². The maximum absolute atomic E-state index is 5.95. The summed E-state index contributed by atoms with van der Waals surface area (Å²) in [6, 6.07) is 3.51. The Kier molecular flexibility index (Phi) is 4.07. The van der Waals surface area contributed by atoms with Crippen molar-refractivity contribution >= 4 is 11.6 Å². The van der Waals surface area contributed by atoms with Gasteiger partial charge in [-0.2, -0.15) is 0 Å². The summed E-state index contributed by atoms with van der Waals surface area (Å²) >= 11 is 5.95. The SMILES string of the molecule is COCc1nc(Cl)cc(-c2cncc(OC)c2)n1. The summed E-state index contributed by atoms with van der Waals surface area (Å²) in [4.78, 5) is 12.5. The number of rotatable bonds is 4. The molecule has 0 saturated carbocycles. The van der Waals surface area contributed by atoms with Crippen LogP contribution in [0.2, 0.25) is 5.15 Å². The minimum absolute atomic E-state index is 0.310. The van der Waals surface area contributed by atoms with Gasteiger partial charge in [0.25, 0.3) is 0 Å². The maximum atomic E-state index is 5.95. The van der Waals surface area contributed by atoms with Crippen LogP contribution in [0, 0.1) is 0 Å². The number of hydrogen-bond acceptors (Lipinski definition) is 5. The molecule has 18 heavy (non-hydrogen) atoms. The zero-order valence-corrected chi connectivity index (χ0v) is 10.8. The molecule has 0 aromatic carbocycles. The molecule has 0 saturated heterocycles. The first-order valence-corrected chi connectivity index (χ1v) is 5.62. The highest BCUT2D eigenvalue weighted by atomic mass is 35.5. The predicted molar refractivity (Wildman–Crippen MR) is 67.5 cm³/mol. The van der Waals surface area contributed by atoms with Crippen LogP contribution in [0.4, 0.5) is 0 Å². The van der Waals surface area contributed by atoms with Crippen LogP contribution < -0.4 is 4.74 Å². The van der Waals surface area contributed by atoms with Gasteiger partial charge in [0.05, 0.1) is 19.0 Å². The number of nitrogens with zero attached hydrogens (tertiary/aromatic N) is 3. The normalized spacial score (nSPS) is 10.4. The highest BCUT2D eigenvalue weighted by Crippen LogP contribution is 2.22. The van der Waals surface area contributed by atoms with E-state index < -0.39 is 0 Å². The van der Waals surface area contributed by atoms with E-state index >= 15 is 0 Å². The molecule has 0 aliphatic heterocycles. The summed E-state index contributed by atoms with van der Waals surface area (Å²) in [6.45, 7) is 0.310. The molecular weight excluding hydrogens is 254 g/mol. The Balaban J connectivity index is 2.42. The van der Waals surface area contributed by atoms with Crippen LogP contribution in [0.25, 0.3) is 11.3 Å². The Bertz CT molecular complexity index is 549. The van der Waals surface area contributed by atoms with Crippen molar-refractivity contribution < 1.29 is 9.47 Å². The summed E-state index contributed by atoms with van der Waals surface area (Å²) in [7, 11) is 3.17. The Morgan fingerprint density at radius 2 is 2.00 bits per heavy atom. The first-order chi connectivity index (χ1) is 8.72. The highest BCUT2D eigenvalue weighted by molar-refractivity contribution is 6.29. The summed E-state index contributed by atoms with van der Waals surface area (Å²) in [5.74, 6) is 1.19. The van der Waals surface area contributed by atoms with E-state index in [1.807, 2.05) is 6.07 Å². The fourth-order valence-corrected chi connectivity index (χ4v) is 1.68. The van der Waals surface area contributed by atoms with Gasteiger partial charge in [-0.15, -0.1) is 0 Å². The monoisotopic (exact) mass is 265 g/mol. The van der Waals surface area contributed by atoms with Crippen LogP contribution in [0.15, 0.2) is 24.5 Å². The number of ether oxygens (including phenoxy) is 2. The molecule has 2 heterocycles. The number of halogens is 1. The van der Waals surface area contributed by atoms with Gasteiger partial charge in [0.1, 0.15) is 17.5 Å². The quantitative estimate of drug-likeness (QED) is 0.794. The Hall–Kier alpha value is -1.72. The van der Waals surface area contributed by atoms with E-state index in [2.05, 4.69) is 15.0 Å². The topological polar surface area (TPSA) is 57.1 Å². The van der Waals surface area contributed by atoms with E-state index in [4.69, 9.17) is 21.1 Å². The summed E-state index contributed by atoms with van der Waals surface area (Å²) in [5.41, 5.74) is 1.50. The van der Waals surface area contributed by atoms with Gasteiger partial charge >= 0.3 is 0 Å². The molecule has 0 aliphatic rings. The third-order valence-corrected chi connectivity index (χ3v) is 2.45. The summed E-state index contributed by atoms with van der Waals surface area (Å²) < 4.78 is 10.1. The van der Waals surface area contributed by atoms with Crippen LogP contribution >= 0.6 is 11.6 Å². The summed E-state index contributed by atoms with van der Waals surface area (Å²) in [6.07, 6.45) is 3.32. The van der Waals surface area contributed by atoms with Gasteiger partial charge in [-0.25, -0.2) is 9.97 Å². The second-order valence-electron chi connectivity index (χ2n) is 3.54. The van der Waals surface area contributed by atoms with Gasteiger partial charge in [-0.1, -0.05) is 11.6 Å². The average Bonchev–Trinajstić information content (AvgIpc) is 2.38. The predicted octanol–water partition coefficient (Wildman–Crippen LogP) is 2.35. The molecule has 0 unspecified atom stereocenters. The Morgan fingerprint density at radius 1 is 1.17 bits per heavy atom. The molecule has 2 aromatic heterocycles. The van der Waals surface area contributed by atoms with Crippen LogP contribution in [0.1, 0.15) is 5.82 Å². The van der Waals surface area contributed by atoms with Crippen LogP contribution in [0.5, 0.6) is 5.75 Å². The van der Waals surface area contributed by atoms with Gasteiger partial charge < -0.3 is 9.47 Å². The molecule has 5 nitrogen and oxygen atoms in total. The number of hydrogen-bond donors (Lipinski definition) is 0. The number of methoxy groups -OCH3 is 2. The fourth-order valence-electron chi connectivity index (χ4n) is 1.48. The maximum Gasteiger partial charge on any atom is 0.156 e. The number of aromatic nitrogens is 3. The Morgan fingerprint density at radius 3 is 2.72 bits per heavy atom. The lowest BCUT2D eigenvalue weighted by atomic mass is 10.2. The van der Waals surface area contributed by atoms with Gasteiger partial charge in [0, 0.05) is 24.9 Å². The third-order valence-electron chi connectivity index (χ3n) is 2.26. The van der Waals surface area contributed by atoms with Crippen molar-refractivity contribution in [3.63, 3.8) is 0 Å². The Labute approximate surface area is 110 Å². The standard InChI is InChI=1S/C12H12ClN3O2/c1-17-7-12-15-10(4-11(13)16-12)8-3-9(18-2)6-14-5-8/h3-6H,7H2,1-2H3. The molecule has 0 N–H and O–H groups in total. The lowest BCUT2D eigenvalue weighted by Crippen LogP contribution is -1.99. The molecule has 6 heteroatoms. The van der Waals surface area contributed by atoms with Crippen LogP contribution in [0.3, 0.4) is 0 Å². The first-order valence-electron chi connectivity index (χ1n) is 5.24. The molecule has 0 radical (unpaired) electrons. The second-order valence-corrected chi connectivity index (χ2v) is 3.93. The van der Waals surface area contributed by atoms with E-state index in [-0.39, 0.29) is 0 Å². The number of pyridine rings is 1. The lowest BCUT2D eigenvalue weighted by molar-refractivity contribution is 0.178. The van der Waals surface area contributed by atoms with Gasteiger partial charge in [0.15, 0.2) is 5.82 Å². The zero-order chi connectivity index (χ0) is 13.0. The van der Waals surface area contributed by atoms with E-state index in [0.29, 0.717) is 29.0 Å². The largest absolute Gasteiger partial charge is 0.495 e. The molecule has 0 amide bonds. The zero-order valence-electron chi connectivity index (χ0n) is 10.1. The van der Waals surface area contributed by atoms with Crippen molar-refractivity contribution in [1.29, 1.82) is 0 Å². The van der Waals surface area contributed by atoms with Gasteiger partial charge in [-0.05, 0) is 6.07 Å². The molecule has 0 fully saturated rings.